The maximum Gasteiger partial charge on any atom is 0.0860 e. The van der Waals surface area contributed by atoms with Crippen molar-refractivity contribution in [3.05, 3.63) is 35.0 Å². The zero-order valence-corrected chi connectivity index (χ0v) is 9.60. The lowest BCUT2D eigenvalue weighted by Crippen LogP contribution is -2.29. The van der Waals surface area contributed by atoms with E-state index in [2.05, 4.69) is 15.4 Å². The van der Waals surface area contributed by atoms with Gasteiger partial charge in [0.25, 0.3) is 0 Å². The first-order valence-corrected chi connectivity index (χ1v) is 5.96. The summed E-state index contributed by atoms with van der Waals surface area (Å²) in [5.74, 6) is 0. The molecule has 0 aromatic carbocycles. The largest absolute Gasteiger partial charge is 0.390 e. The predicted molar refractivity (Wildman–Crippen MR) is 62.1 cm³/mol. The molecule has 0 radical (unpaired) electrons. The van der Waals surface area contributed by atoms with Crippen LogP contribution in [0.3, 0.4) is 0 Å². The van der Waals surface area contributed by atoms with Gasteiger partial charge in [0, 0.05) is 36.6 Å². The highest BCUT2D eigenvalue weighted by Gasteiger charge is 2.04. The summed E-state index contributed by atoms with van der Waals surface area (Å²) in [5, 5.41) is 16.9. The van der Waals surface area contributed by atoms with E-state index in [-0.39, 0.29) is 0 Å². The average molecular weight is 238 g/mol. The number of aromatic nitrogens is 3. The van der Waals surface area contributed by atoms with Crippen molar-refractivity contribution in [2.45, 2.75) is 19.2 Å². The van der Waals surface area contributed by atoms with Crippen LogP contribution >= 0.6 is 11.3 Å². The van der Waals surface area contributed by atoms with Gasteiger partial charge in [0.2, 0.25) is 0 Å². The van der Waals surface area contributed by atoms with Crippen LogP contribution in [0.2, 0.25) is 0 Å². The van der Waals surface area contributed by atoms with Crippen molar-refractivity contribution >= 4 is 11.3 Å². The minimum absolute atomic E-state index is 0.423. The number of nitrogens with zero attached hydrogens (tertiary/aromatic N) is 3. The molecule has 2 aromatic heterocycles. The number of aliphatic hydroxyl groups excluding tert-OH is 1. The average Bonchev–Trinajstić information content (AvgIpc) is 2.90. The minimum atomic E-state index is -0.423. The molecule has 5 nitrogen and oxygen atoms in total. The third-order valence-corrected chi connectivity index (χ3v) is 2.90. The highest BCUT2D eigenvalue weighted by molar-refractivity contribution is 7.09. The standard InChI is InChI=1S/C10H14N4OS/c15-9(7-14-3-1-2-13-14)4-11-5-10-6-12-8-16-10/h1-3,6,8-9,11,15H,4-5,7H2. The highest BCUT2D eigenvalue weighted by Crippen LogP contribution is 2.03. The van der Waals surface area contributed by atoms with Crippen LogP contribution in [0.25, 0.3) is 0 Å². The van der Waals surface area contributed by atoms with Crippen LogP contribution in [0, 0.1) is 0 Å². The molecule has 2 aromatic rings. The molecule has 0 amide bonds. The third kappa shape index (κ3) is 3.41. The molecule has 0 aliphatic rings. The summed E-state index contributed by atoms with van der Waals surface area (Å²) >= 11 is 1.61. The number of rotatable bonds is 6. The van der Waals surface area contributed by atoms with Gasteiger partial charge < -0.3 is 10.4 Å². The third-order valence-electron chi connectivity index (χ3n) is 2.12. The van der Waals surface area contributed by atoms with Gasteiger partial charge >= 0.3 is 0 Å². The number of hydrogen-bond donors (Lipinski definition) is 2. The topological polar surface area (TPSA) is 63.0 Å². The molecule has 0 aliphatic heterocycles. The number of hydrogen-bond acceptors (Lipinski definition) is 5. The molecule has 16 heavy (non-hydrogen) atoms. The number of nitrogens with one attached hydrogen (secondary N) is 1. The Balaban J connectivity index is 1.66. The maximum absolute atomic E-state index is 9.71. The number of thiazole rings is 1. The molecule has 6 heteroatoms. The van der Waals surface area contributed by atoms with Gasteiger partial charge in [0.05, 0.1) is 18.2 Å². The molecule has 0 saturated heterocycles. The van der Waals surface area contributed by atoms with Gasteiger partial charge in [-0.05, 0) is 6.07 Å². The first-order chi connectivity index (χ1) is 7.84. The molecule has 0 spiro atoms. The van der Waals surface area contributed by atoms with Crippen LogP contribution in [-0.2, 0) is 13.1 Å². The van der Waals surface area contributed by atoms with Crippen LogP contribution in [0.5, 0.6) is 0 Å². The Labute approximate surface area is 97.8 Å². The second-order valence-corrected chi connectivity index (χ2v) is 4.45. The fraction of sp³-hybridized carbons (Fsp3) is 0.400. The van der Waals surface area contributed by atoms with Gasteiger partial charge in [-0.3, -0.25) is 9.67 Å². The van der Waals surface area contributed by atoms with Crippen molar-refractivity contribution in [2.75, 3.05) is 6.54 Å². The van der Waals surface area contributed by atoms with Crippen LogP contribution in [-0.4, -0.2) is 32.5 Å². The van der Waals surface area contributed by atoms with Crippen LogP contribution in [0.1, 0.15) is 4.88 Å². The second-order valence-electron chi connectivity index (χ2n) is 3.48. The van der Waals surface area contributed by atoms with E-state index < -0.39 is 6.10 Å². The molecule has 86 valence electrons. The molecular formula is C10H14N4OS. The van der Waals surface area contributed by atoms with E-state index in [4.69, 9.17) is 0 Å². The van der Waals surface area contributed by atoms with E-state index in [9.17, 15) is 5.11 Å². The summed E-state index contributed by atoms with van der Waals surface area (Å²) < 4.78 is 1.72. The molecule has 2 heterocycles. The van der Waals surface area contributed by atoms with Crippen LogP contribution in [0.4, 0.5) is 0 Å². The molecular weight excluding hydrogens is 224 g/mol. The van der Waals surface area contributed by atoms with E-state index >= 15 is 0 Å². The Morgan fingerprint density at radius 1 is 1.56 bits per heavy atom. The van der Waals surface area contributed by atoms with E-state index in [1.807, 2.05) is 18.5 Å². The molecule has 2 rings (SSSR count). The Morgan fingerprint density at radius 3 is 3.19 bits per heavy atom. The van der Waals surface area contributed by atoms with Crippen molar-refractivity contribution in [2.24, 2.45) is 0 Å². The van der Waals surface area contributed by atoms with Gasteiger partial charge in [-0.15, -0.1) is 11.3 Å². The molecule has 0 saturated carbocycles. The van der Waals surface area contributed by atoms with Crippen molar-refractivity contribution < 1.29 is 5.11 Å². The Bertz CT molecular complexity index is 387. The lowest BCUT2D eigenvalue weighted by atomic mass is 10.3. The molecule has 1 unspecified atom stereocenters. The molecule has 0 bridgehead atoms. The first kappa shape index (κ1) is 11.3. The fourth-order valence-corrected chi connectivity index (χ4v) is 1.94. The molecule has 1 atom stereocenters. The van der Waals surface area contributed by atoms with Gasteiger partial charge in [0.1, 0.15) is 0 Å². The quantitative estimate of drug-likeness (QED) is 0.769. The van der Waals surface area contributed by atoms with Crippen molar-refractivity contribution in [3.8, 4) is 0 Å². The molecule has 0 fully saturated rings. The van der Waals surface area contributed by atoms with Gasteiger partial charge in [-0.25, -0.2) is 0 Å². The van der Waals surface area contributed by atoms with Gasteiger partial charge in [0.15, 0.2) is 0 Å². The summed E-state index contributed by atoms with van der Waals surface area (Å²) in [6, 6.07) is 1.84. The summed E-state index contributed by atoms with van der Waals surface area (Å²) in [5.41, 5.74) is 1.80. The predicted octanol–water partition coefficient (Wildman–Crippen LogP) is 0.490. The summed E-state index contributed by atoms with van der Waals surface area (Å²) in [4.78, 5) is 5.16. The maximum atomic E-state index is 9.71. The Kier molecular flexibility index (Phi) is 4.03. The van der Waals surface area contributed by atoms with Crippen LogP contribution in [0.15, 0.2) is 30.2 Å². The zero-order valence-electron chi connectivity index (χ0n) is 8.78. The number of aliphatic hydroxyl groups is 1. The Hall–Kier alpha value is -1.24. The van der Waals surface area contributed by atoms with Crippen molar-refractivity contribution in [3.63, 3.8) is 0 Å². The Morgan fingerprint density at radius 2 is 2.50 bits per heavy atom. The molecule has 0 aliphatic carbocycles. The normalized spacial score (nSPS) is 12.8. The van der Waals surface area contributed by atoms with Crippen molar-refractivity contribution in [1.29, 1.82) is 0 Å². The lowest BCUT2D eigenvalue weighted by molar-refractivity contribution is 0.146. The zero-order chi connectivity index (χ0) is 11.2. The van der Waals surface area contributed by atoms with Gasteiger partial charge in [-0.2, -0.15) is 5.10 Å². The fourth-order valence-electron chi connectivity index (χ4n) is 1.38. The summed E-state index contributed by atoms with van der Waals surface area (Å²) in [6.45, 7) is 1.82. The van der Waals surface area contributed by atoms with E-state index in [1.165, 1.54) is 4.88 Å². The first-order valence-electron chi connectivity index (χ1n) is 5.08. The van der Waals surface area contributed by atoms with E-state index in [0.29, 0.717) is 13.1 Å². The summed E-state index contributed by atoms with van der Waals surface area (Å²) in [6.07, 6.45) is 4.95. The lowest BCUT2D eigenvalue weighted by Gasteiger charge is -2.11. The monoisotopic (exact) mass is 238 g/mol. The van der Waals surface area contributed by atoms with Crippen LogP contribution < -0.4 is 5.32 Å². The van der Waals surface area contributed by atoms with Crippen molar-refractivity contribution in [1.82, 2.24) is 20.1 Å². The SMILES string of the molecule is OC(CNCc1cncs1)Cn1cccn1. The summed E-state index contributed by atoms with van der Waals surface area (Å²) in [7, 11) is 0. The van der Waals surface area contributed by atoms with E-state index in [1.54, 1.807) is 27.7 Å². The van der Waals surface area contributed by atoms with Gasteiger partial charge in [-0.1, -0.05) is 0 Å². The smallest absolute Gasteiger partial charge is 0.0860 e. The second kappa shape index (κ2) is 5.74. The molecule has 2 N–H and O–H groups in total. The van der Waals surface area contributed by atoms with E-state index in [0.717, 1.165) is 6.54 Å². The minimum Gasteiger partial charge on any atom is -0.390 e. The highest BCUT2D eigenvalue weighted by atomic mass is 32.1.